The monoisotopic (exact) mass is 789 g/mol. The standard InChI is InChI=1S/C58H35N3O/c1-2-18-36(19-3-1)55-59-56(61-57(60-55)46-26-7-5-21-38(46)43-29-16-30-44-41-24-11-15-35-52(41)62-54(43)44)45-25-6-4-20-37(45)42-28-17-34-51-53(42)47-27-10-14-33-50(47)58(51)48-31-12-8-22-39(48)40-23-9-13-32-49(40)58/h1-35H. The van der Waals surface area contributed by atoms with Gasteiger partial charge < -0.3 is 4.42 Å². The normalized spacial score (nSPS) is 13.0. The van der Waals surface area contributed by atoms with E-state index in [1.54, 1.807) is 0 Å². The third-order valence-electron chi connectivity index (χ3n) is 13.0. The van der Waals surface area contributed by atoms with Gasteiger partial charge in [-0.1, -0.05) is 206 Å². The fraction of sp³-hybridized carbons (Fsp3) is 0.0172. The summed E-state index contributed by atoms with van der Waals surface area (Å²) in [6.45, 7) is 0. The average molecular weight is 790 g/mol. The molecule has 288 valence electrons. The predicted molar refractivity (Wildman–Crippen MR) is 251 cm³/mol. The minimum absolute atomic E-state index is 0.447. The maximum absolute atomic E-state index is 6.56. The first kappa shape index (κ1) is 34.6. The highest BCUT2D eigenvalue weighted by Crippen LogP contribution is 2.64. The maximum Gasteiger partial charge on any atom is 0.164 e. The van der Waals surface area contributed by atoms with Gasteiger partial charge in [-0.2, -0.15) is 0 Å². The highest BCUT2D eigenvalue weighted by molar-refractivity contribution is 6.10. The fourth-order valence-electron chi connectivity index (χ4n) is 10.5. The molecular formula is C58H35N3O. The Bertz CT molecular complexity index is 3560. The zero-order valence-corrected chi connectivity index (χ0v) is 33.5. The molecule has 13 rings (SSSR count). The van der Waals surface area contributed by atoms with Crippen LogP contribution in [0.2, 0.25) is 0 Å². The van der Waals surface area contributed by atoms with E-state index >= 15 is 0 Å². The number of para-hydroxylation sites is 2. The first-order chi connectivity index (χ1) is 30.8. The Morgan fingerprint density at radius 3 is 1.40 bits per heavy atom. The average Bonchev–Trinajstić information content (AvgIpc) is 3.99. The van der Waals surface area contributed by atoms with Gasteiger partial charge in [0, 0.05) is 33.0 Å². The van der Waals surface area contributed by atoms with Gasteiger partial charge in [-0.15, -0.1) is 0 Å². The van der Waals surface area contributed by atoms with Crippen molar-refractivity contribution in [2.75, 3.05) is 0 Å². The number of aromatic nitrogens is 3. The summed E-state index contributed by atoms with van der Waals surface area (Å²) in [5.74, 6) is 1.81. The number of rotatable bonds is 5. The van der Waals surface area contributed by atoms with E-state index in [1.807, 2.05) is 30.3 Å². The number of hydrogen-bond acceptors (Lipinski definition) is 4. The van der Waals surface area contributed by atoms with E-state index < -0.39 is 5.41 Å². The summed E-state index contributed by atoms with van der Waals surface area (Å²) in [5, 5.41) is 2.17. The quantitative estimate of drug-likeness (QED) is 0.174. The van der Waals surface area contributed by atoms with Gasteiger partial charge in [-0.05, 0) is 67.3 Å². The molecule has 0 saturated carbocycles. The van der Waals surface area contributed by atoms with Gasteiger partial charge in [-0.25, -0.2) is 15.0 Å². The minimum atomic E-state index is -0.447. The van der Waals surface area contributed by atoms with E-state index in [0.717, 1.165) is 60.9 Å². The first-order valence-electron chi connectivity index (χ1n) is 21.1. The van der Waals surface area contributed by atoms with Crippen LogP contribution >= 0.6 is 0 Å². The Balaban J connectivity index is 1.04. The van der Waals surface area contributed by atoms with Crippen molar-refractivity contribution in [3.63, 3.8) is 0 Å². The van der Waals surface area contributed by atoms with Crippen molar-refractivity contribution in [3.05, 3.63) is 235 Å². The topological polar surface area (TPSA) is 51.8 Å². The minimum Gasteiger partial charge on any atom is -0.455 e. The van der Waals surface area contributed by atoms with Crippen LogP contribution in [0.25, 0.3) is 101 Å². The number of benzene rings is 9. The fourth-order valence-corrected chi connectivity index (χ4v) is 10.5. The van der Waals surface area contributed by atoms with Crippen molar-refractivity contribution >= 4 is 21.9 Å². The molecule has 2 aliphatic carbocycles. The summed E-state index contributed by atoms with van der Waals surface area (Å²) in [6.07, 6.45) is 0. The van der Waals surface area contributed by atoms with Crippen molar-refractivity contribution < 1.29 is 4.42 Å². The molecule has 2 aromatic heterocycles. The summed E-state index contributed by atoms with van der Waals surface area (Å²) in [7, 11) is 0. The molecule has 9 aromatic carbocycles. The summed E-state index contributed by atoms with van der Waals surface area (Å²) < 4.78 is 6.56. The van der Waals surface area contributed by atoms with E-state index in [4.69, 9.17) is 19.4 Å². The molecule has 2 aliphatic rings. The number of fused-ring (bicyclic) bond motifs is 13. The van der Waals surface area contributed by atoms with Crippen LogP contribution in [0.1, 0.15) is 22.3 Å². The van der Waals surface area contributed by atoms with Gasteiger partial charge in [0.15, 0.2) is 17.5 Å². The summed E-state index contributed by atoms with van der Waals surface area (Å²) >= 11 is 0. The molecule has 0 amide bonds. The molecule has 4 nitrogen and oxygen atoms in total. The zero-order chi connectivity index (χ0) is 40.8. The van der Waals surface area contributed by atoms with Gasteiger partial charge in [0.05, 0.1) is 5.41 Å². The van der Waals surface area contributed by atoms with Crippen LogP contribution in [0.3, 0.4) is 0 Å². The van der Waals surface area contributed by atoms with Gasteiger partial charge in [0.25, 0.3) is 0 Å². The van der Waals surface area contributed by atoms with Crippen LogP contribution in [0.5, 0.6) is 0 Å². The summed E-state index contributed by atoms with van der Waals surface area (Å²) in [4.78, 5) is 15.9. The Kier molecular flexibility index (Phi) is 7.49. The smallest absolute Gasteiger partial charge is 0.164 e. The third kappa shape index (κ3) is 4.86. The number of nitrogens with zero attached hydrogens (tertiary/aromatic N) is 3. The Hall–Kier alpha value is -8.21. The summed E-state index contributed by atoms with van der Waals surface area (Å²) in [6, 6.07) is 75.4. The van der Waals surface area contributed by atoms with Crippen LogP contribution in [0.15, 0.2) is 217 Å². The molecule has 0 unspecified atom stereocenters. The van der Waals surface area contributed by atoms with Gasteiger partial charge in [0.1, 0.15) is 11.2 Å². The lowest BCUT2D eigenvalue weighted by atomic mass is 9.70. The SMILES string of the molecule is c1ccc(-c2nc(-c3ccccc3-c3cccc4c3-c3ccccc3C43c4ccccc4-c4ccccc43)nc(-c3ccccc3-c3cccc4c3oc3ccccc34)n2)cc1. The predicted octanol–water partition coefficient (Wildman–Crippen LogP) is 14.4. The molecule has 0 radical (unpaired) electrons. The molecule has 1 spiro atoms. The summed E-state index contributed by atoms with van der Waals surface area (Å²) in [5.41, 5.74) is 18.5. The van der Waals surface area contributed by atoms with E-state index in [2.05, 4.69) is 182 Å². The lowest BCUT2D eigenvalue weighted by Gasteiger charge is -2.30. The van der Waals surface area contributed by atoms with Crippen LogP contribution in [-0.4, -0.2) is 15.0 Å². The van der Waals surface area contributed by atoms with Crippen LogP contribution in [-0.2, 0) is 5.41 Å². The first-order valence-corrected chi connectivity index (χ1v) is 21.1. The second-order valence-corrected chi connectivity index (χ2v) is 16.2. The third-order valence-corrected chi connectivity index (χ3v) is 13.0. The molecule has 0 fully saturated rings. The molecule has 0 N–H and O–H groups in total. The van der Waals surface area contributed by atoms with Crippen molar-refractivity contribution in [1.82, 2.24) is 15.0 Å². The Morgan fingerprint density at radius 1 is 0.290 bits per heavy atom. The van der Waals surface area contributed by atoms with E-state index in [0.29, 0.717) is 17.5 Å². The molecule has 11 aromatic rings. The van der Waals surface area contributed by atoms with Gasteiger partial charge in [-0.3, -0.25) is 0 Å². The van der Waals surface area contributed by atoms with E-state index in [-0.39, 0.29) is 0 Å². The van der Waals surface area contributed by atoms with Crippen LogP contribution in [0.4, 0.5) is 0 Å². The zero-order valence-electron chi connectivity index (χ0n) is 33.5. The Labute approximate surface area is 358 Å². The van der Waals surface area contributed by atoms with E-state index in [9.17, 15) is 0 Å². The highest BCUT2D eigenvalue weighted by atomic mass is 16.3. The lowest BCUT2D eigenvalue weighted by molar-refractivity contribution is 0.670. The maximum atomic E-state index is 6.56. The molecule has 2 heterocycles. The molecule has 0 aliphatic heterocycles. The lowest BCUT2D eigenvalue weighted by Crippen LogP contribution is -2.25. The van der Waals surface area contributed by atoms with Crippen LogP contribution < -0.4 is 0 Å². The second-order valence-electron chi connectivity index (χ2n) is 16.2. The van der Waals surface area contributed by atoms with Gasteiger partial charge >= 0.3 is 0 Å². The van der Waals surface area contributed by atoms with Crippen molar-refractivity contribution in [1.29, 1.82) is 0 Å². The van der Waals surface area contributed by atoms with Crippen molar-refractivity contribution in [2.24, 2.45) is 0 Å². The van der Waals surface area contributed by atoms with Crippen LogP contribution in [0, 0.1) is 0 Å². The van der Waals surface area contributed by atoms with Gasteiger partial charge in [0.2, 0.25) is 0 Å². The second kappa shape index (κ2) is 13.4. The molecule has 0 bridgehead atoms. The largest absolute Gasteiger partial charge is 0.455 e. The molecular weight excluding hydrogens is 755 g/mol. The Morgan fingerprint density at radius 2 is 0.726 bits per heavy atom. The number of furan rings is 1. The molecule has 4 heteroatoms. The molecule has 0 atom stereocenters. The molecule has 0 saturated heterocycles. The van der Waals surface area contributed by atoms with E-state index in [1.165, 1.54) is 44.5 Å². The number of hydrogen-bond donors (Lipinski definition) is 0. The molecule has 62 heavy (non-hydrogen) atoms. The highest BCUT2D eigenvalue weighted by Gasteiger charge is 2.52. The van der Waals surface area contributed by atoms with Crippen molar-refractivity contribution in [2.45, 2.75) is 5.41 Å². The van der Waals surface area contributed by atoms with Crippen molar-refractivity contribution in [3.8, 4) is 78.7 Å².